The Labute approximate surface area is 139 Å². The lowest BCUT2D eigenvalue weighted by Crippen LogP contribution is -2.03. The highest BCUT2D eigenvalue weighted by molar-refractivity contribution is 5.53. The maximum Gasteiger partial charge on any atom is 0.161 e. The first kappa shape index (κ1) is 17.2. The Balaban J connectivity index is 2.04. The van der Waals surface area contributed by atoms with Crippen molar-refractivity contribution >= 4 is 5.69 Å². The van der Waals surface area contributed by atoms with Gasteiger partial charge in [0.1, 0.15) is 0 Å². The van der Waals surface area contributed by atoms with Crippen LogP contribution in [0.2, 0.25) is 0 Å². The fourth-order valence-corrected chi connectivity index (χ4v) is 2.39. The van der Waals surface area contributed by atoms with Gasteiger partial charge in [-0.15, -0.1) is 0 Å². The van der Waals surface area contributed by atoms with Gasteiger partial charge < -0.3 is 14.8 Å². The number of rotatable bonds is 8. The van der Waals surface area contributed by atoms with Gasteiger partial charge in [0.2, 0.25) is 0 Å². The highest BCUT2D eigenvalue weighted by atomic mass is 16.5. The van der Waals surface area contributed by atoms with Crippen LogP contribution in [0.5, 0.6) is 11.5 Å². The van der Waals surface area contributed by atoms with Crippen LogP contribution in [0.25, 0.3) is 0 Å². The number of anilines is 1. The lowest BCUT2D eigenvalue weighted by atomic mass is 10.1. The van der Waals surface area contributed by atoms with Crippen molar-refractivity contribution in [2.75, 3.05) is 19.0 Å². The highest BCUT2D eigenvalue weighted by Gasteiger charge is 2.06. The zero-order valence-electron chi connectivity index (χ0n) is 14.6. The van der Waals surface area contributed by atoms with E-state index in [1.165, 1.54) is 22.4 Å². The minimum Gasteiger partial charge on any atom is -0.493 e. The molecule has 23 heavy (non-hydrogen) atoms. The van der Waals surface area contributed by atoms with Crippen LogP contribution in [0.3, 0.4) is 0 Å². The normalized spacial score (nSPS) is 10.4. The van der Waals surface area contributed by atoms with Crippen molar-refractivity contribution in [3.63, 3.8) is 0 Å². The molecular formula is C20H27NO2. The minimum absolute atomic E-state index is 0.729. The Morgan fingerprint density at radius 1 is 1.00 bits per heavy atom. The van der Waals surface area contributed by atoms with Crippen molar-refractivity contribution in [3.8, 4) is 11.5 Å². The Morgan fingerprint density at radius 3 is 2.57 bits per heavy atom. The zero-order chi connectivity index (χ0) is 16.7. The third-order valence-corrected chi connectivity index (χ3v) is 3.86. The Morgan fingerprint density at radius 2 is 1.83 bits per heavy atom. The molecule has 3 heteroatoms. The van der Waals surface area contributed by atoms with E-state index >= 15 is 0 Å². The number of hydrogen-bond acceptors (Lipinski definition) is 3. The van der Waals surface area contributed by atoms with Gasteiger partial charge in [-0.2, -0.15) is 0 Å². The molecule has 0 unspecified atom stereocenters. The maximum atomic E-state index is 5.78. The zero-order valence-corrected chi connectivity index (χ0v) is 14.6. The number of methoxy groups -OCH3 is 1. The molecule has 0 spiro atoms. The molecule has 0 bridgehead atoms. The number of ether oxygens (including phenoxy) is 2. The van der Waals surface area contributed by atoms with Crippen molar-refractivity contribution in [1.29, 1.82) is 0 Å². The smallest absolute Gasteiger partial charge is 0.161 e. The Kier molecular flexibility index (Phi) is 6.33. The van der Waals surface area contributed by atoms with E-state index in [2.05, 4.69) is 50.4 Å². The SMILES string of the molecule is CCCCOc1ccc(CNc2cc(C)ccc2C)cc1OC. The van der Waals surface area contributed by atoms with Crippen LogP contribution in [-0.4, -0.2) is 13.7 Å². The van der Waals surface area contributed by atoms with E-state index < -0.39 is 0 Å². The summed E-state index contributed by atoms with van der Waals surface area (Å²) in [6.45, 7) is 7.87. The summed E-state index contributed by atoms with van der Waals surface area (Å²) in [5, 5.41) is 3.50. The summed E-state index contributed by atoms with van der Waals surface area (Å²) < 4.78 is 11.2. The van der Waals surface area contributed by atoms with Crippen LogP contribution < -0.4 is 14.8 Å². The van der Waals surface area contributed by atoms with Gasteiger partial charge in [0, 0.05) is 12.2 Å². The quantitative estimate of drug-likeness (QED) is 0.687. The molecule has 124 valence electrons. The number of aryl methyl sites for hydroxylation is 2. The number of nitrogens with one attached hydrogen (secondary N) is 1. The van der Waals surface area contributed by atoms with Crippen molar-refractivity contribution in [2.24, 2.45) is 0 Å². The predicted octanol–water partition coefficient (Wildman–Crippen LogP) is 5.10. The average Bonchev–Trinajstić information content (AvgIpc) is 2.56. The van der Waals surface area contributed by atoms with E-state index in [-0.39, 0.29) is 0 Å². The van der Waals surface area contributed by atoms with Gasteiger partial charge >= 0.3 is 0 Å². The molecule has 0 aliphatic rings. The average molecular weight is 313 g/mol. The summed E-state index contributed by atoms with van der Waals surface area (Å²) in [5.74, 6) is 1.61. The van der Waals surface area contributed by atoms with Crippen molar-refractivity contribution in [3.05, 3.63) is 53.1 Å². The molecule has 3 nitrogen and oxygen atoms in total. The topological polar surface area (TPSA) is 30.5 Å². The summed E-state index contributed by atoms with van der Waals surface area (Å²) in [6.07, 6.45) is 2.18. The van der Waals surface area contributed by atoms with Crippen LogP contribution in [0.15, 0.2) is 36.4 Å². The molecule has 0 fully saturated rings. The fourth-order valence-electron chi connectivity index (χ4n) is 2.39. The van der Waals surface area contributed by atoms with E-state index in [0.717, 1.165) is 37.5 Å². The van der Waals surface area contributed by atoms with Gasteiger partial charge in [0.15, 0.2) is 11.5 Å². The number of unbranched alkanes of at least 4 members (excludes halogenated alkanes) is 1. The number of benzene rings is 2. The van der Waals surface area contributed by atoms with E-state index in [1.54, 1.807) is 7.11 Å². The molecule has 2 aromatic rings. The molecule has 0 radical (unpaired) electrons. The van der Waals surface area contributed by atoms with Gasteiger partial charge in [-0.3, -0.25) is 0 Å². The fraction of sp³-hybridized carbons (Fsp3) is 0.400. The first-order valence-electron chi connectivity index (χ1n) is 8.25. The molecule has 0 saturated carbocycles. The van der Waals surface area contributed by atoms with Crippen LogP contribution in [-0.2, 0) is 6.54 Å². The highest BCUT2D eigenvalue weighted by Crippen LogP contribution is 2.29. The monoisotopic (exact) mass is 313 g/mol. The molecule has 2 aromatic carbocycles. The largest absolute Gasteiger partial charge is 0.493 e. The standard InChI is InChI=1S/C20H27NO2/c1-5-6-11-23-19-10-9-17(13-20(19)22-4)14-21-18-12-15(2)7-8-16(18)3/h7-10,12-13,21H,5-6,11,14H2,1-4H3. The minimum atomic E-state index is 0.729. The number of hydrogen-bond donors (Lipinski definition) is 1. The van der Waals surface area contributed by atoms with Crippen LogP contribution in [0.4, 0.5) is 5.69 Å². The first-order valence-corrected chi connectivity index (χ1v) is 8.25. The third-order valence-electron chi connectivity index (χ3n) is 3.86. The predicted molar refractivity (Wildman–Crippen MR) is 96.6 cm³/mol. The molecule has 0 amide bonds. The summed E-state index contributed by atoms with van der Waals surface area (Å²) in [6, 6.07) is 12.6. The van der Waals surface area contributed by atoms with Crippen molar-refractivity contribution in [2.45, 2.75) is 40.2 Å². The summed E-state index contributed by atoms with van der Waals surface area (Å²) in [4.78, 5) is 0. The van der Waals surface area contributed by atoms with Gasteiger partial charge in [0.25, 0.3) is 0 Å². The molecule has 0 aliphatic carbocycles. The van der Waals surface area contributed by atoms with Gasteiger partial charge in [-0.1, -0.05) is 31.5 Å². The van der Waals surface area contributed by atoms with E-state index in [4.69, 9.17) is 9.47 Å². The summed E-state index contributed by atoms with van der Waals surface area (Å²) >= 11 is 0. The molecule has 0 atom stereocenters. The molecule has 1 N–H and O–H groups in total. The van der Waals surface area contributed by atoms with Crippen LogP contribution in [0.1, 0.15) is 36.5 Å². The van der Waals surface area contributed by atoms with E-state index in [1.807, 2.05) is 12.1 Å². The second kappa shape index (κ2) is 8.47. The molecule has 0 aliphatic heterocycles. The summed E-state index contributed by atoms with van der Waals surface area (Å²) in [7, 11) is 1.68. The first-order chi connectivity index (χ1) is 11.1. The van der Waals surface area contributed by atoms with Crippen LogP contribution >= 0.6 is 0 Å². The van der Waals surface area contributed by atoms with Crippen molar-refractivity contribution in [1.82, 2.24) is 0 Å². The molecular weight excluding hydrogens is 286 g/mol. The Hall–Kier alpha value is -2.16. The van der Waals surface area contributed by atoms with Gasteiger partial charge in [0.05, 0.1) is 13.7 Å². The molecule has 0 aromatic heterocycles. The molecule has 0 saturated heterocycles. The second-order valence-electron chi connectivity index (χ2n) is 5.86. The van der Waals surface area contributed by atoms with E-state index in [0.29, 0.717) is 0 Å². The van der Waals surface area contributed by atoms with Crippen LogP contribution in [0, 0.1) is 13.8 Å². The maximum absolute atomic E-state index is 5.78. The van der Waals surface area contributed by atoms with Gasteiger partial charge in [-0.05, 0) is 55.2 Å². The van der Waals surface area contributed by atoms with Crippen molar-refractivity contribution < 1.29 is 9.47 Å². The Bertz CT molecular complexity index is 638. The lowest BCUT2D eigenvalue weighted by Gasteiger charge is -2.14. The van der Waals surface area contributed by atoms with E-state index in [9.17, 15) is 0 Å². The lowest BCUT2D eigenvalue weighted by molar-refractivity contribution is 0.288. The molecule has 2 rings (SSSR count). The molecule has 0 heterocycles. The third kappa shape index (κ3) is 4.92. The second-order valence-corrected chi connectivity index (χ2v) is 5.86. The summed E-state index contributed by atoms with van der Waals surface area (Å²) in [5.41, 5.74) is 4.86. The van der Waals surface area contributed by atoms with Gasteiger partial charge in [-0.25, -0.2) is 0 Å².